The van der Waals surface area contributed by atoms with Crippen LogP contribution in [0, 0.1) is 0 Å². The molecule has 0 N–H and O–H groups in total. The van der Waals surface area contributed by atoms with Gasteiger partial charge in [0, 0.05) is 23.7 Å². The average Bonchev–Trinajstić information content (AvgIpc) is 3.20. The quantitative estimate of drug-likeness (QED) is 0.273. The SMILES string of the molecule is CCOc1cc(/C=C2\SC(=O)N(CC(=O)N3CCc4ccccc4C3)C2=O)cc(Cl)c1OCc1ccccc1Cl. The maximum atomic E-state index is 13.1. The van der Waals surface area contributed by atoms with Gasteiger partial charge in [0.25, 0.3) is 11.1 Å². The summed E-state index contributed by atoms with van der Waals surface area (Å²) in [7, 11) is 0. The van der Waals surface area contributed by atoms with Crippen LogP contribution in [0.4, 0.5) is 4.79 Å². The van der Waals surface area contributed by atoms with Gasteiger partial charge in [-0.2, -0.15) is 0 Å². The third kappa shape index (κ3) is 6.14. The van der Waals surface area contributed by atoms with Gasteiger partial charge in [-0.3, -0.25) is 19.3 Å². The minimum Gasteiger partial charge on any atom is -0.490 e. The molecule has 1 fully saturated rings. The lowest BCUT2D eigenvalue weighted by Crippen LogP contribution is -2.44. The zero-order chi connectivity index (χ0) is 28.2. The molecule has 2 aliphatic heterocycles. The summed E-state index contributed by atoms with van der Waals surface area (Å²) in [5.74, 6) is -0.0379. The smallest absolute Gasteiger partial charge is 0.294 e. The van der Waals surface area contributed by atoms with Crippen molar-refractivity contribution in [3.63, 3.8) is 0 Å². The Kier molecular flexibility index (Phi) is 8.69. The number of thioether (sulfide) groups is 1. The van der Waals surface area contributed by atoms with E-state index in [0.29, 0.717) is 41.8 Å². The van der Waals surface area contributed by atoms with Crippen molar-refractivity contribution in [1.29, 1.82) is 0 Å². The standard InChI is InChI=1S/C30H26Cl2N2O5S/c1-2-38-25-14-19(13-24(32)28(25)39-18-22-9-5-6-10-23(22)31)15-26-29(36)34(30(37)40-26)17-27(35)33-12-11-20-7-3-4-8-21(20)16-33/h3-10,13-15H,2,11-12,16-18H2,1H3/b26-15-. The Balaban J connectivity index is 1.30. The van der Waals surface area contributed by atoms with Crippen molar-refractivity contribution in [1.82, 2.24) is 9.80 Å². The number of benzene rings is 3. The van der Waals surface area contributed by atoms with E-state index in [1.54, 1.807) is 29.2 Å². The Morgan fingerprint density at radius 2 is 1.75 bits per heavy atom. The average molecular weight is 598 g/mol. The number of fused-ring (bicyclic) bond motifs is 1. The molecule has 1 saturated heterocycles. The van der Waals surface area contributed by atoms with Crippen molar-refractivity contribution in [2.75, 3.05) is 19.7 Å². The molecular weight excluding hydrogens is 571 g/mol. The fourth-order valence-corrected chi connectivity index (χ4v) is 5.87. The molecule has 0 saturated carbocycles. The van der Waals surface area contributed by atoms with Crippen LogP contribution in [-0.2, 0) is 29.2 Å². The van der Waals surface area contributed by atoms with Gasteiger partial charge in [0.2, 0.25) is 5.91 Å². The number of nitrogens with zero attached hydrogens (tertiary/aromatic N) is 2. The Morgan fingerprint density at radius 3 is 2.52 bits per heavy atom. The number of carbonyl (C=O) groups excluding carboxylic acids is 3. The molecule has 0 aromatic heterocycles. The van der Waals surface area contributed by atoms with E-state index < -0.39 is 11.1 Å². The summed E-state index contributed by atoms with van der Waals surface area (Å²) in [4.78, 5) is 41.7. The van der Waals surface area contributed by atoms with Crippen LogP contribution in [-0.4, -0.2) is 46.5 Å². The first kappa shape index (κ1) is 28.1. The van der Waals surface area contributed by atoms with Crippen LogP contribution < -0.4 is 9.47 Å². The van der Waals surface area contributed by atoms with Crippen LogP contribution in [0.15, 0.2) is 65.6 Å². The normalized spacial score (nSPS) is 15.9. The van der Waals surface area contributed by atoms with Gasteiger partial charge >= 0.3 is 0 Å². The lowest BCUT2D eigenvalue weighted by atomic mass is 10.00. The summed E-state index contributed by atoms with van der Waals surface area (Å²) in [5.41, 5.74) is 3.65. The number of carbonyl (C=O) groups is 3. The fraction of sp³-hybridized carbons (Fsp3) is 0.233. The van der Waals surface area contributed by atoms with Crippen molar-refractivity contribution in [3.8, 4) is 11.5 Å². The number of imide groups is 1. The molecule has 0 spiro atoms. The lowest BCUT2D eigenvalue weighted by molar-refractivity contribution is -0.136. The first-order chi connectivity index (χ1) is 19.3. The van der Waals surface area contributed by atoms with Gasteiger partial charge in [0.15, 0.2) is 11.5 Å². The lowest BCUT2D eigenvalue weighted by Gasteiger charge is -2.29. The second-order valence-electron chi connectivity index (χ2n) is 9.24. The van der Waals surface area contributed by atoms with Gasteiger partial charge in [-0.1, -0.05) is 65.7 Å². The fourth-order valence-electron chi connectivity index (χ4n) is 4.57. The Morgan fingerprint density at radius 1 is 1.00 bits per heavy atom. The molecule has 0 atom stereocenters. The van der Waals surface area contributed by atoms with Gasteiger partial charge in [0.1, 0.15) is 13.2 Å². The van der Waals surface area contributed by atoms with E-state index in [1.165, 1.54) is 5.56 Å². The van der Waals surface area contributed by atoms with Crippen LogP contribution in [0.25, 0.3) is 6.08 Å². The van der Waals surface area contributed by atoms with Crippen molar-refractivity contribution in [2.45, 2.75) is 26.5 Å². The number of halogens is 2. The van der Waals surface area contributed by atoms with Crippen molar-refractivity contribution >= 4 is 58.1 Å². The summed E-state index contributed by atoms with van der Waals surface area (Å²) in [5, 5.41) is 0.370. The molecule has 0 bridgehead atoms. The van der Waals surface area contributed by atoms with Crippen LogP contribution in [0.2, 0.25) is 10.0 Å². The van der Waals surface area contributed by atoms with E-state index >= 15 is 0 Å². The number of hydrogen-bond donors (Lipinski definition) is 0. The highest BCUT2D eigenvalue weighted by Crippen LogP contribution is 2.40. The highest BCUT2D eigenvalue weighted by atomic mass is 35.5. The summed E-state index contributed by atoms with van der Waals surface area (Å²) in [6.45, 7) is 3.10. The first-order valence-electron chi connectivity index (χ1n) is 12.8. The van der Waals surface area contributed by atoms with Crippen LogP contribution in [0.3, 0.4) is 0 Å². The van der Waals surface area contributed by atoms with E-state index in [9.17, 15) is 14.4 Å². The van der Waals surface area contributed by atoms with Gasteiger partial charge < -0.3 is 14.4 Å². The largest absolute Gasteiger partial charge is 0.490 e. The zero-order valence-corrected chi connectivity index (χ0v) is 24.0. The highest BCUT2D eigenvalue weighted by Gasteiger charge is 2.37. The summed E-state index contributed by atoms with van der Waals surface area (Å²) in [6, 6.07) is 18.6. The zero-order valence-electron chi connectivity index (χ0n) is 21.7. The molecule has 2 aliphatic rings. The van der Waals surface area contributed by atoms with Crippen LogP contribution >= 0.6 is 35.0 Å². The molecule has 206 valence electrons. The molecule has 40 heavy (non-hydrogen) atoms. The van der Waals surface area contributed by atoms with Crippen LogP contribution in [0.5, 0.6) is 11.5 Å². The molecule has 10 heteroatoms. The maximum absolute atomic E-state index is 13.1. The first-order valence-corrected chi connectivity index (χ1v) is 14.3. The van der Waals surface area contributed by atoms with E-state index in [4.69, 9.17) is 32.7 Å². The summed E-state index contributed by atoms with van der Waals surface area (Å²) < 4.78 is 11.7. The maximum Gasteiger partial charge on any atom is 0.294 e. The van der Waals surface area contributed by atoms with E-state index in [-0.39, 0.29) is 29.0 Å². The van der Waals surface area contributed by atoms with Gasteiger partial charge in [0.05, 0.1) is 16.5 Å². The van der Waals surface area contributed by atoms with E-state index in [0.717, 1.165) is 34.2 Å². The molecule has 0 unspecified atom stereocenters. The molecule has 3 amide bonds. The molecule has 0 aliphatic carbocycles. The highest BCUT2D eigenvalue weighted by molar-refractivity contribution is 8.18. The van der Waals surface area contributed by atoms with Crippen molar-refractivity contribution in [3.05, 3.63) is 97.9 Å². The van der Waals surface area contributed by atoms with Crippen molar-refractivity contribution < 1.29 is 23.9 Å². The van der Waals surface area contributed by atoms with Gasteiger partial charge in [-0.15, -0.1) is 0 Å². The van der Waals surface area contributed by atoms with E-state index in [2.05, 4.69) is 6.07 Å². The summed E-state index contributed by atoms with van der Waals surface area (Å²) >= 11 is 13.6. The predicted octanol–water partition coefficient (Wildman–Crippen LogP) is 6.59. The molecule has 3 aromatic rings. The Labute approximate surface area is 246 Å². The molecule has 2 heterocycles. The monoisotopic (exact) mass is 596 g/mol. The molecule has 0 radical (unpaired) electrons. The molecular formula is C30H26Cl2N2O5S. The van der Waals surface area contributed by atoms with Crippen LogP contribution in [0.1, 0.15) is 29.2 Å². The van der Waals surface area contributed by atoms with Gasteiger partial charge in [-0.25, -0.2) is 0 Å². The number of amides is 3. The minimum absolute atomic E-state index is 0.189. The predicted molar refractivity (Wildman–Crippen MR) is 157 cm³/mol. The third-order valence-corrected chi connectivity index (χ3v) is 8.17. The summed E-state index contributed by atoms with van der Waals surface area (Å²) in [6.07, 6.45) is 2.31. The number of rotatable bonds is 8. The third-order valence-electron chi connectivity index (χ3n) is 6.61. The minimum atomic E-state index is -0.520. The van der Waals surface area contributed by atoms with Gasteiger partial charge in [-0.05, 0) is 66.1 Å². The Hall–Kier alpha value is -3.46. The number of ether oxygens (including phenoxy) is 2. The second-order valence-corrected chi connectivity index (χ2v) is 11.1. The second kappa shape index (κ2) is 12.4. The molecule has 5 rings (SSSR count). The number of hydrogen-bond acceptors (Lipinski definition) is 6. The van der Waals surface area contributed by atoms with Crippen molar-refractivity contribution in [2.24, 2.45) is 0 Å². The topological polar surface area (TPSA) is 76.2 Å². The molecule has 7 nitrogen and oxygen atoms in total. The van der Waals surface area contributed by atoms with E-state index in [1.807, 2.05) is 43.3 Å². The Bertz CT molecular complexity index is 1510. The molecule has 3 aromatic carbocycles.